The number of piperidine rings is 1. The van der Waals surface area contributed by atoms with Crippen LogP contribution in [-0.2, 0) is 4.79 Å². The molecule has 1 saturated heterocycles. The zero-order valence-electron chi connectivity index (χ0n) is 11.5. The van der Waals surface area contributed by atoms with E-state index in [1.807, 2.05) is 24.3 Å². The Bertz CT molecular complexity index is 642. The number of hydrogen-bond acceptors (Lipinski definition) is 4. The largest absolute Gasteiger partial charge is 0.473 e. The maximum Gasteiger partial charge on any atom is 0.237 e. The number of halogens is 1. The molecule has 5 nitrogen and oxygen atoms in total. The van der Waals surface area contributed by atoms with Gasteiger partial charge in [-0.05, 0) is 12.1 Å². The Balaban J connectivity index is 1.63. The Morgan fingerprint density at radius 1 is 1.29 bits per heavy atom. The van der Waals surface area contributed by atoms with Crippen molar-refractivity contribution >= 4 is 28.5 Å². The zero-order valence-corrected chi connectivity index (χ0v) is 12.3. The summed E-state index contributed by atoms with van der Waals surface area (Å²) in [7, 11) is 0. The van der Waals surface area contributed by atoms with Crippen LogP contribution in [0.2, 0.25) is 0 Å². The SMILES string of the molecule is O=C(CCl)N1CCC(Oc2cnc3ccccc3n2)CC1. The lowest BCUT2D eigenvalue weighted by molar-refractivity contribution is -0.130. The summed E-state index contributed by atoms with van der Waals surface area (Å²) in [5.74, 6) is 0.568. The number of benzene rings is 1. The molecule has 0 saturated carbocycles. The normalized spacial score (nSPS) is 16.1. The molecule has 0 radical (unpaired) electrons. The van der Waals surface area contributed by atoms with Gasteiger partial charge in [-0.15, -0.1) is 11.6 Å². The minimum Gasteiger partial charge on any atom is -0.473 e. The van der Waals surface area contributed by atoms with Crippen LogP contribution in [0.25, 0.3) is 11.0 Å². The van der Waals surface area contributed by atoms with Gasteiger partial charge in [-0.3, -0.25) is 4.79 Å². The van der Waals surface area contributed by atoms with E-state index in [9.17, 15) is 4.79 Å². The van der Waals surface area contributed by atoms with Crippen LogP contribution in [0.3, 0.4) is 0 Å². The third-order valence-corrected chi connectivity index (χ3v) is 3.85. The van der Waals surface area contributed by atoms with E-state index in [0.717, 1.165) is 23.9 Å². The molecule has 1 aromatic heterocycles. The lowest BCUT2D eigenvalue weighted by Crippen LogP contribution is -2.42. The van der Waals surface area contributed by atoms with Crippen molar-refractivity contribution < 1.29 is 9.53 Å². The van der Waals surface area contributed by atoms with Gasteiger partial charge in [0.2, 0.25) is 11.8 Å². The second-order valence-electron chi connectivity index (χ2n) is 5.03. The molecule has 2 heterocycles. The van der Waals surface area contributed by atoms with E-state index in [-0.39, 0.29) is 17.9 Å². The van der Waals surface area contributed by atoms with Crippen LogP contribution in [0.1, 0.15) is 12.8 Å². The van der Waals surface area contributed by atoms with Gasteiger partial charge in [0.25, 0.3) is 0 Å². The first-order valence-corrected chi connectivity index (χ1v) is 7.52. The average Bonchev–Trinajstić information content (AvgIpc) is 2.55. The van der Waals surface area contributed by atoms with Crippen LogP contribution in [0.4, 0.5) is 0 Å². The second-order valence-corrected chi connectivity index (χ2v) is 5.30. The lowest BCUT2D eigenvalue weighted by Gasteiger charge is -2.31. The lowest BCUT2D eigenvalue weighted by atomic mass is 10.1. The van der Waals surface area contributed by atoms with Gasteiger partial charge in [-0.2, -0.15) is 0 Å². The Hall–Kier alpha value is -1.88. The second kappa shape index (κ2) is 6.26. The predicted molar refractivity (Wildman–Crippen MR) is 80.5 cm³/mol. The van der Waals surface area contributed by atoms with Gasteiger partial charge in [-0.1, -0.05) is 12.1 Å². The first-order chi connectivity index (χ1) is 10.3. The zero-order chi connectivity index (χ0) is 14.7. The molecule has 3 rings (SSSR count). The van der Waals surface area contributed by atoms with Gasteiger partial charge in [-0.25, -0.2) is 9.97 Å². The molecule has 0 spiro atoms. The maximum absolute atomic E-state index is 11.5. The van der Waals surface area contributed by atoms with Crippen LogP contribution >= 0.6 is 11.6 Å². The summed E-state index contributed by atoms with van der Waals surface area (Å²) in [5.41, 5.74) is 1.68. The van der Waals surface area contributed by atoms with E-state index < -0.39 is 0 Å². The number of hydrogen-bond donors (Lipinski definition) is 0. The van der Waals surface area contributed by atoms with Crippen molar-refractivity contribution in [3.8, 4) is 5.88 Å². The molecule has 1 amide bonds. The van der Waals surface area contributed by atoms with E-state index in [1.165, 1.54) is 0 Å². The van der Waals surface area contributed by atoms with E-state index in [0.29, 0.717) is 19.0 Å². The van der Waals surface area contributed by atoms with Gasteiger partial charge < -0.3 is 9.64 Å². The third kappa shape index (κ3) is 3.24. The molecule has 0 unspecified atom stereocenters. The molecule has 1 aliphatic rings. The van der Waals surface area contributed by atoms with Crippen LogP contribution < -0.4 is 4.74 Å². The number of ether oxygens (including phenoxy) is 1. The van der Waals surface area contributed by atoms with E-state index in [2.05, 4.69) is 9.97 Å². The van der Waals surface area contributed by atoms with Crippen molar-refractivity contribution in [2.45, 2.75) is 18.9 Å². The molecule has 6 heteroatoms. The Labute approximate surface area is 127 Å². The molecule has 21 heavy (non-hydrogen) atoms. The molecular weight excluding hydrogens is 290 g/mol. The molecule has 1 fully saturated rings. The van der Waals surface area contributed by atoms with Gasteiger partial charge >= 0.3 is 0 Å². The van der Waals surface area contributed by atoms with Crippen molar-refractivity contribution in [3.05, 3.63) is 30.5 Å². The monoisotopic (exact) mass is 305 g/mol. The highest BCUT2D eigenvalue weighted by Crippen LogP contribution is 2.19. The first kappa shape index (κ1) is 14.1. The standard InChI is InChI=1S/C15H16ClN3O2/c16-9-15(20)19-7-5-11(6-8-19)21-14-10-17-12-3-1-2-4-13(12)18-14/h1-4,10-11H,5-9H2. The van der Waals surface area contributed by atoms with E-state index >= 15 is 0 Å². The minimum atomic E-state index is -0.0133. The summed E-state index contributed by atoms with van der Waals surface area (Å²) < 4.78 is 5.88. The predicted octanol–water partition coefficient (Wildman–Crippen LogP) is 2.24. The van der Waals surface area contributed by atoms with Gasteiger partial charge in [0.05, 0.1) is 17.2 Å². The van der Waals surface area contributed by atoms with Crippen molar-refractivity contribution in [1.29, 1.82) is 0 Å². The van der Waals surface area contributed by atoms with Crippen molar-refractivity contribution in [2.75, 3.05) is 19.0 Å². The maximum atomic E-state index is 11.5. The molecule has 0 N–H and O–H groups in total. The van der Waals surface area contributed by atoms with Gasteiger partial charge in [0, 0.05) is 25.9 Å². The van der Waals surface area contributed by atoms with Crippen molar-refractivity contribution in [2.24, 2.45) is 0 Å². The Kier molecular flexibility index (Phi) is 4.20. The van der Waals surface area contributed by atoms with Gasteiger partial charge in [0.1, 0.15) is 12.0 Å². The number of amides is 1. The van der Waals surface area contributed by atoms with E-state index in [1.54, 1.807) is 11.1 Å². The summed E-state index contributed by atoms with van der Waals surface area (Å²) in [5, 5.41) is 0. The summed E-state index contributed by atoms with van der Waals surface area (Å²) in [4.78, 5) is 22.1. The molecule has 0 bridgehead atoms. The molecular formula is C15H16ClN3O2. The molecule has 0 atom stereocenters. The van der Waals surface area contributed by atoms with Crippen LogP contribution in [-0.4, -0.2) is 45.8 Å². The Morgan fingerprint density at radius 2 is 2.00 bits per heavy atom. The number of nitrogens with zero attached hydrogens (tertiary/aromatic N) is 3. The number of carbonyl (C=O) groups is 1. The third-order valence-electron chi connectivity index (χ3n) is 3.62. The fourth-order valence-electron chi connectivity index (χ4n) is 2.48. The van der Waals surface area contributed by atoms with Crippen LogP contribution in [0.15, 0.2) is 30.5 Å². The smallest absolute Gasteiger partial charge is 0.237 e. The van der Waals surface area contributed by atoms with Gasteiger partial charge in [0.15, 0.2) is 0 Å². The van der Waals surface area contributed by atoms with E-state index in [4.69, 9.17) is 16.3 Å². The molecule has 0 aliphatic carbocycles. The fourth-order valence-corrected chi connectivity index (χ4v) is 2.64. The molecule has 2 aromatic rings. The van der Waals surface area contributed by atoms with Crippen LogP contribution in [0, 0.1) is 0 Å². The fraction of sp³-hybridized carbons (Fsp3) is 0.400. The molecule has 1 aliphatic heterocycles. The van der Waals surface area contributed by atoms with Crippen molar-refractivity contribution in [3.63, 3.8) is 0 Å². The quantitative estimate of drug-likeness (QED) is 0.816. The highest BCUT2D eigenvalue weighted by atomic mass is 35.5. The van der Waals surface area contributed by atoms with Crippen LogP contribution in [0.5, 0.6) is 5.88 Å². The number of alkyl halides is 1. The highest BCUT2D eigenvalue weighted by Gasteiger charge is 2.23. The number of aromatic nitrogens is 2. The number of carbonyl (C=O) groups excluding carboxylic acids is 1. The molecule has 110 valence electrons. The number of likely N-dealkylation sites (tertiary alicyclic amines) is 1. The average molecular weight is 306 g/mol. The highest BCUT2D eigenvalue weighted by molar-refractivity contribution is 6.27. The summed E-state index contributed by atoms with van der Waals surface area (Å²) in [6, 6.07) is 7.69. The Morgan fingerprint density at radius 3 is 2.71 bits per heavy atom. The topological polar surface area (TPSA) is 55.3 Å². The minimum absolute atomic E-state index is 0.0133. The number of fused-ring (bicyclic) bond motifs is 1. The summed E-state index contributed by atoms with van der Waals surface area (Å²) in [6.45, 7) is 1.36. The summed E-state index contributed by atoms with van der Waals surface area (Å²) in [6.07, 6.45) is 3.30. The number of rotatable bonds is 3. The number of para-hydroxylation sites is 2. The molecule has 1 aromatic carbocycles. The summed E-state index contributed by atoms with van der Waals surface area (Å²) >= 11 is 5.57. The first-order valence-electron chi connectivity index (χ1n) is 6.98. The van der Waals surface area contributed by atoms with Crippen molar-refractivity contribution in [1.82, 2.24) is 14.9 Å².